The molecule has 1 aliphatic heterocycles. The van der Waals surface area contributed by atoms with E-state index in [0.29, 0.717) is 5.41 Å². The lowest BCUT2D eigenvalue weighted by molar-refractivity contribution is 0.228. The summed E-state index contributed by atoms with van der Waals surface area (Å²) in [7, 11) is 0. The van der Waals surface area contributed by atoms with E-state index in [0.717, 1.165) is 17.4 Å². The van der Waals surface area contributed by atoms with E-state index < -0.39 is 0 Å². The molecule has 0 amide bonds. The first kappa shape index (κ1) is 11.4. The quantitative estimate of drug-likeness (QED) is 0.808. The number of hydrogen-bond acceptors (Lipinski definition) is 2. The van der Waals surface area contributed by atoms with Crippen LogP contribution in [0.3, 0.4) is 0 Å². The molecule has 0 aromatic rings. The summed E-state index contributed by atoms with van der Waals surface area (Å²) < 4.78 is 0. The zero-order valence-electron chi connectivity index (χ0n) is 10.7. The molecule has 0 aromatic carbocycles. The van der Waals surface area contributed by atoms with Gasteiger partial charge in [0.25, 0.3) is 0 Å². The minimum absolute atomic E-state index is 0.519. The Morgan fingerprint density at radius 2 is 1.94 bits per heavy atom. The third-order valence-electron chi connectivity index (χ3n) is 5.15. The van der Waals surface area contributed by atoms with Crippen LogP contribution in [0.25, 0.3) is 0 Å². The lowest BCUT2D eigenvalue weighted by atomic mass is 9.82. The standard InChI is InChI=1S/C14H25NS/c1-13(2)7-8-16-9-12(13)15-10-14(5-6-14)11-3-4-11/h11-12,15H,3-10H2,1-2H3. The van der Waals surface area contributed by atoms with E-state index in [-0.39, 0.29) is 0 Å². The Morgan fingerprint density at radius 1 is 1.19 bits per heavy atom. The molecular weight excluding hydrogens is 214 g/mol. The van der Waals surface area contributed by atoms with Crippen LogP contribution in [0, 0.1) is 16.7 Å². The summed E-state index contributed by atoms with van der Waals surface area (Å²) in [5.41, 5.74) is 1.28. The summed E-state index contributed by atoms with van der Waals surface area (Å²) in [6.07, 6.45) is 7.43. The van der Waals surface area contributed by atoms with Crippen LogP contribution in [-0.2, 0) is 0 Å². The highest BCUT2D eigenvalue weighted by Crippen LogP contribution is 2.61. The zero-order chi connectivity index (χ0) is 11.2. The van der Waals surface area contributed by atoms with Gasteiger partial charge in [-0.2, -0.15) is 11.8 Å². The van der Waals surface area contributed by atoms with Gasteiger partial charge in [0.05, 0.1) is 0 Å². The average molecular weight is 239 g/mol. The molecule has 2 saturated carbocycles. The summed E-state index contributed by atoms with van der Waals surface area (Å²) in [6.45, 7) is 6.20. The Kier molecular flexibility index (Phi) is 2.79. The molecular formula is C14H25NS. The third-order valence-corrected chi connectivity index (χ3v) is 6.22. The molecule has 1 atom stereocenters. The maximum absolute atomic E-state index is 3.92. The highest BCUT2D eigenvalue weighted by molar-refractivity contribution is 7.99. The summed E-state index contributed by atoms with van der Waals surface area (Å²) in [5.74, 6) is 3.78. The monoisotopic (exact) mass is 239 g/mol. The van der Waals surface area contributed by atoms with Crippen LogP contribution in [0.2, 0.25) is 0 Å². The topological polar surface area (TPSA) is 12.0 Å². The van der Waals surface area contributed by atoms with Crippen LogP contribution in [-0.4, -0.2) is 24.1 Å². The highest BCUT2D eigenvalue weighted by Gasteiger charge is 2.53. The van der Waals surface area contributed by atoms with E-state index in [4.69, 9.17) is 0 Å². The van der Waals surface area contributed by atoms with Crippen LogP contribution < -0.4 is 5.32 Å². The molecule has 1 N–H and O–H groups in total. The number of thioether (sulfide) groups is 1. The predicted octanol–water partition coefficient (Wildman–Crippen LogP) is 3.30. The number of rotatable bonds is 4. The molecule has 3 fully saturated rings. The van der Waals surface area contributed by atoms with E-state index in [2.05, 4.69) is 30.9 Å². The SMILES string of the molecule is CC1(C)CCSCC1NCC1(C2CC2)CC1. The van der Waals surface area contributed by atoms with Gasteiger partial charge in [-0.1, -0.05) is 13.8 Å². The van der Waals surface area contributed by atoms with Gasteiger partial charge in [-0.15, -0.1) is 0 Å². The number of hydrogen-bond donors (Lipinski definition) is 1. The second-order valence-corrected chi connectivity index (χ2v) is 8.03. The molecule has 1 saturated heterocycles. The molecule has 3 aliphatic rings. The van der Waals surface area contributed by atoms with Crippen LogP contribution >= 0.6 is 11.8 Å². The first-order valence-electron chi connectivity index (χ1n) is 6.94. The molecule has 0 spiro atoms. The van der Waals surface area contributed by atoms with Crippen molar-refractivity contribution in [2.24, 2.45) is 16.7 Å². The maximum atomic E-state index is 3.92. The summed E-state index contributed by atoms with van der Waals surface area (Å²) in [6, 6.07) is 0.752. The van der Waals surface area contributed by atoms with Crippen molar-refractivity contribution >= 4 is 11.8 Å². The van der Waals surface area contributed by atoms with Crippen LogP contribution in [0.5, 0.6) is 0 Å². The Balaban J connectivity index is 1.54. The molecule has 1 heterocycles. The van der Waals surface area contributed by atoms with Gasteiger partial charge in [-0.3, -0.25) is 0 Å². The van der Waals surface area contributed by atoms with E-state index >= 15 is 0 Å². The van der Waals surface area contributed by atoms with Gasteiger partial charge >= 0.3 is 0 Å². The normalized spacial score (nSPS) is 36.0. The van der Waals surface area contributed by atoms with Gasteiger partial charge in [-0.25, -0.2) is 0 Å². The minimum Gasteiger partial charge on any atom is -0.312 e. The van der Waals surface area contributed by atoms with Gasteiger partial charge < -0.3 is 5.32 Å². The second kappa shape index (κ2) is 3.91. The molecule has 92 valence electrons. The fourth-order valence-corrected chi connectivity index (χ4v) is 4.83. The summed E-state index contributed by atoms with van der Waals surface area (Å²) >= 11 is 2.14. The second-order valence-electron chi connectivity index (χ2n) is 6.88. The van der Waals surface area contributed by atoms with Gasteiger partial charge in [0.2, 0.25) is 0 Å². The van der Waals surface area contributed by atoms with E-state index in [1.54, 1.807) is 0 Å². The first-order valence-corrected chi connectivity index (χ1v) is 8.09. The van der Waals surface area contributed by atoms with E-state index in [1.807, 2.05) is 0 Å². The lowest BCUT2D eigenvalue weighted by Gasteiger charge is -2.39. The van der Waals surface area contributed by atoms with E-state index in [9.17, 15) is 0 Å². The minimum atomic E-state index is 0.519. The molecule has 0 radical (unpaired) electrons. The van der Waals surface area contributed by atoms with Crippen LogP contribution in [0.4, 0.5) is 0 Å². The van der Waals surface area contributed by atoms with Crippen molar-refractivity contribution in [3.63, 3.8) is 0 Å². The van der Waals surface area contributed by atoms with Crippen molar-refractivity contribution in [1.82, 2.24) is 5.32 Å². The fourth-order valence-electron chi connectivity index (χ4n) is 3.18. The first-order chi connectivity index (χ1) is 7.62. The zero-order valence-corrected chi connectivity index (χ0v) is 11.5. The molecule has 3 rings (SSSR count). The van der Waals surface area contributed by atoms with Gasteiger partial charge in [0.1, 0.15) is 0 Å². The maximum Gasteiger partial charge on any atom is 0.0209 e. The Labute approximate surface area is 104 Å². The van der Waals surface area contributed by atoms with Crippen molar-refractivity contribution in [1.29, 1.82) is 0 Å². The molecule has 16 heavy (non-hydrogen) atoms. The lowest BCUT2D eigenvalue weighted by Crippen LogP contribution is -2.48. The molecule has 0 aromatic heterocycles. The molecule has 0 bridgehead atoms. The average Bonchev–Trinajstić information content (AvgIpc) is 3.09. The van der Waals surface area contributed by atoms with Crippen LogP contribution in [0.15, 0.2) is 0 Å². The van der Waals surface area contributed by atoms with Crippen molar-refractivity contribution in [3.05, 3.63) is 0 Å². The van der Waals surface area contributed by atoms with Gasteiger partial charge in [0.15, 0.2) is 0 Å². The Morgan fingerprint density at radius 3 is 2.50 bits per heavy atom. The Bertz CT molecular complexity index is 266. The highest BCUT2D eigenvalue weighted by atomic mass is 32.2. The molecule has 2 aliphatic carbocycles. The van der Waals surface area contributed by atoms with Crippen molar-refractivity contribution in [3.8, 4) is 0 Å². The van der Waals surface area contributed by atoms with E-state index in [1.165, 1.54) is 50.2 Å². The molecule has 1 nitrogen and oxygen atoms in total. The summed E-state index contributed by atoms with van der Waals surface area (Å²) in [4.78, 5) is 0. The number of nitrogens with one attached hydrogen (secondary N) is 1. The fraction of sp³-hybridized carbons (Fsp3) is 1.00. The molecule has 2 heteroatoms. The molecule has 1 unspecified atom stereocenters. The van der Waals surface area contributed by atoms with Crippen molar-refractivity contribution in [2.45, 2.75) is 52.0 Å². The van der Waals surface area contributed by atoms with Gasteiger partial charge in [-0.05, 0) is 54.6 Å². The smallest absolute Gasteiger partial charge is 0.0209 e. The van der Waals surface area contributed by atoms with Gasteiger partial charge in [0, 0.05) is 18.3 Å². The predicted molar refractivity (Wildman–Crippen MR) is 71.9 cm³/mol. The summed E-state index contributed by atoms with van der Waals surface area (Å²) in [5, 5.41) is 3.92. The van der Waals surface area contributed by atoms with Crippen molar-refractivity contribution in [2.75, 3.05) is 18.1 Å². The largest absolute Gasteiger partial charge is 0.312 e. The van der Waals surface area contributed by atoms with Crippen LogP contribution in [0.1, 0.15) is 46.0 Å². The Hall–Kier alpha value is 0.310. The third kappa shape index (κ3) is 2.15. The van der Waals surface area contributed by atoms with Crippen molar-refractivity contribution < 1.29 is 0 Å².